The molecule has 0 aliphatic rings. The number of nitrogens with zero attached hydrogens (tertiary/aromatic N) is 1. The van der Waals surface area contributed by atoms with Crippen LogP contribution in [-0.4, -0.2) is 29.6 Å². The number of halogens is 13. The fraction of sp³-hybridized carbons (Fsp3) is 0.667. The SMILES string of the molecule is F/C(=C(/F)C(F)(F)F)N(C(F)(F)F)C(F)(F)C(F)(F)F. The van der Waals surface area contributed by atoms with E-state index in [1.54, 1.807) is 0 Å². The fourth-order valence-electron chi connectivity index (χ4n) is 0.736. The van der Waals surface area contributed by atoms with Gasteiger partial charge in [0.2, 0.25) is 5.95 Å². The third-order valence-corrected chi connectivity index (χ3v) is 1.50. The zero-order chi connectivity index (χ0) is 16.7. The summed E-state index contributed by atoms with van der Waals surface area (Å²) in [4.78, 5) is -3.59. The Balaban J connectivity index is 6.14. The van der Waals surface area contributed by atoms with Gasteiger partial charge in [-0.15, -0.1) is 13.2 Å². The highest BCUT2D eigenvalue weighted by Crippen LogP contribution is 2.47. The van der Waals surface area contributed by atoms with E-state index in [0.29, 0.717) is 0 Å². The molecule has 0 unspecified atom stereocenters. The molecular weight excluding hydrogens is 333 g/mol. The van der Waals surface area contributed by atoms with Crippen molar-refractivity contribution in [3.63, 3.8) is 0 Å². The zero-order valence-corrected chi connectivity index (χ0v) is 8.36. The summed E-state index contributed by atoms with van der Waals surface area (Å²) >= 11 is 0. The van der Waals surface area contributed by atoms with Crippen LogP contribution in [0.1, 0.15) is 0 Å². The minimum absolute atomic E-state index is 3.59. The lowest BCUT2D eigenvalue weighted by atomic mass is 10.4. The van der Waals surface area contributed by atoms with Gasteiger partial charge in [0.05, 0.1) is 0 Å². The Kier molecular flexibility index (Phi) is 4.54. The van der Waals surface area contributed by atoms with Gasteiger partial charge in [-0.05, 0) is 0 Å². The van der Waals surface area contributed by atoms with Gasteiger partial charge in [0.1, 0.15) is 0 Å². The molecule has 0 heterocycles. The molecule has 0 aromatic carbocycles. The van der Waals surface area contributed by atoms with Crippen LogP contribution < -0.4 is 0 Å². The number of rotatable bonds is 2. The van der Waals surface area contributed by atoms with Gasteiger partial charge in [-0.3, -0.25) is 0 Å². The lowest BCUT2D eigenvalue weighted by Gasteiger charge is -2.33. The highest BCUT2D eigenvalue weighted by molar-refractivity contribution is 5.08. The predicted octanol–water partition coefficient (Wildman–Crippen LogP) is 4.63. The van der Waals surface area contributed by atoms with Crippen LogP contribution >= 0.6 is 0 Å². The maximum Gasteiger partial charge on any atom is 0.491 e. The summed E-state index contributed by atoms with van der Waals surface area (Å²) in [5.74, 6) is -8.86. The van der Waals surface area contributed by atoms with Crippen molar-refractivity contribution in [1.29, 1.82) is 0 Å². The standard InChI is InChI=1S/C6F13N/c7-1(3(9,10)11)2(8)20(6(17,18)19)5(15,16)4(12,13)14/b2-1-. The molecule has 0 saturated carbocycles. The molecule has 0 amide bonds. The van der Waals surface area contributed by atoms with E-state index in [1.807, 2.05) is 0 Å². The van der Waals surface area contributed by atoms with Crippen molar-refractivity contribution in [2.45, 2.75) is 24.7 Å². The molecule has 0 saturated heterocycles. The van der Waals surface area contributed by atoms with Crippen LogP contribution in [0.3, 0.4) is 0 Å². The van der Waals surface area contributed by atoms with Gasteiger partial charge in [-0.25, -0.2) is 0 Å². The first-order chi connectivity index (χ1) is 8.44. The van der Waals surface area contributed by atoms with E-state index in [0.717, 1.165) is 0 Å². The second-order valence-corrected chi connectivity index (χ2v) is 2.94. The Bertz CT molecular complexity index is 381. The maximum atomic E-state index is 12.5. The first-order valence-corrected chi connectivity index (χ1v) is 3.88. The Hall–Kier alpha value is -1.37. The first-order valence-electron chi connectivity index (χ1n) is 3.88. The number of alkyl halides is 11. The van der Waals surface area contributed by atoms with E-state index in [2.05, 4.69) is 0 Å². The molecule has 0 spiro atoms. The summed E-state index contributed by atoms with van der Waals surface area (Å²) in [5, 5.41) is 0. The molecule has 0 rings (SSSR count). The zero-order valence-electron chi connectivity index (χ0n) is 8.36. The summed E-state index contributed by atoms with van der Waals surface area (Å²) in [7, 11) is 0. The number of hydrogen-bond acceptors (Lipinski definition) is 1. The van der Waals surface area contributed by atoms with Crippen LogP contribution in [0.25, 0.3) is 0 Å². The Labute approximate surface area is 99.8 Å². The molecule has 0 aromatic rings. The molecule has 0 atom stereocenters. The van der Waals surface area contributed by atoms with Gasteiger partial charge in [0.25, 0.3) is 5.83 Å². The molecule has 120 valence electrons. The normalized spacial score (nSPS) is 16.1. The van der Waals surface area contributed by atoms with E-state index in [4.69, 9.17) is 0 Å². The molecule has 0 bridgehead atoms. The lowest BCUT2D eigenvalue weighted by Crippen LogP contribution is -2.57. The van der Waals surface area contributed by atoms with Crippen molar-refractivity contribution < 1.29 is 57.1 Å². The van der Waals surface area contributed by atoms with Crippen molar-refractivity contribution in [2.75, 3.05) is 0 Å². The molecule has 0 aliphatic carbocycles. The van der Waals surface area contributed by atoms with Crippen LogP contribution in [0.2, 0.25) is 0 Å². The average molecular weight is 333 g/mol. The average Bonchev–Trinajstić information content (AvgIpc) is 2.10. The minimum atomic E-state index is -7.15. The summed E-state index contributed by atoms with van der Waals surface area (Å²) in [5.41, 5.74) is 0. The van der Waals surface area contributed by atoms with E-state index in [1.165, 1.54) is 0 Å². The molecule has 0 aliphatic heterocycles. The highest BCUT2D eigenvalue weighted by Gasteiger charge is 2.70. The molecule has 0 radical (unpaired) electrons. The van der Waals surface area contributed by atoms with Crippen molar-refractivity contribution >= 4 is 0 Å². The molecule has 20 heavy (non-hydrogen) atoms. The quantitative estimate of drug-likeness (QED) is 0.526. The van der Waals surface area contributed by atoms with Crippen LogP contribution in [0, 0.1) is 0 Å². The van der Waals surface area contributed by atoms with Crippen molar-refractivity contribution in [2.24, 2.45) is 0 Å². The lowest BCUT2D eigenvalue weighted by molar-refractivity contribution is -0.405. The van der Waals surface area contributed by atoms with Crippen LogP contribution in [0.5, 0.6) is 0 Å². The molecule has 0 fully saturated rings. The van der Waals surface area contributed by atoms with Crippen molar-refractivity contribution in [3.05, 3.63) is 11.8 Å². The van der Waals surface area contributed by atoms with Gasteiger partial charge < -0.3 is 0 Å². The summed E-state index contributed by atoms with van der Waals surface area (Å²) in [6.45, 7) is 0. The number of allylic oxidation sites excluding steroid dienone is 1. The molecular formula is C6F13N. The summed E-state index contributed by atoms with van der Waals surface area (Å²) < 4.78 is 155. The fourth-order valence-corrected chi connectivity index (χ4v) is 0.736. The molecule has 14 heteroatoms. The van der Waals surface area contributed by atoms with Crippen molar-refractivity contribution in [1.82, 2.24) is 4.90 Å². The predicted molar refractivity (Wildman–Crippen MR) is 34.2 cm³/mol. The Morgan fingerprint density at radius 3 is 1.20 bits per heavy atom. The van der Waals surface area contributed by atoms with Gasteiger partial charge in [-0.2, -0.15) is 48.8 Å². The van der Waals surface area contributed by atoms with Gasteiger partial charge in [0, 0.05) is 0 Å². The van der Waals surface area contributed by atoms with Crippen molar-refractivity contribution in [3.8, 4) is 0 Å². The first kappa shape index (κ1) is 18.6. The third kappa shape index (κ3) is 3.59. The third-order valence-electron chi connectivity index (χ3n) is 1.50. The maximum absolute atomic E-state index is 12.5. The van der Waals surface area contributed by atoms with Crippen LogP contribution in [0.15, 0.2) is 11.8 Å². The van der Waals surface area contributed by atoms with Crippen LogP contribution in [-0.2, 0) is 0 Å². The van der Waals surface area contributed by atoms with E-state index in [-0.39, 0.29) is 0 Å². The molecule has 0 aromatic heterocycles. The van der Waals surface area contributed by atoms with Gasteiger partial charge in [0.15, 0.2) is 0 Å². The van der Waals surface area contributed by atoms with E-state index >= 15 is 0 Å². The highest BCUT2D eigenvalue weighted by atomic mass is 19.4. The molecule has 0 N–H and O–H groups in total. The molecule has 1 nitrogen and oxygen atoms in total. The number of hydrogen-bond donors (Lipinski definition) is 0. The van der Waals surface area contributed by atoms with Crippen LogP contribution in [0.4, 0.5) is 57.1 Å². The monoisotopic (exact) mass is 333 g/mol. The Morgan fingerprint density at radius 2 is 1.00 bits per heavy atom. The van der Waals surface area contributed by atoms with E-state index < -0.39 is 41.4 Å². The smallest absolute Gasteiger partial charge is 0.197 e. The topological polar surface area (TPSA) is 3.24 Å². The Morgan fingerprint density at radius 1 is 0.650 bits per heavy atom. The minimum Gasteiger partial charge on any atom is -0.197 e. The van der Waals surface area contributed by atoms with E-state index in [9.17, 15) is 57.1 Å². The van der Waals surface area contributed by atoms with Gasteiger partial charge >= 0.3 is 24.7 Å². The summed E-state index contributed by atoms with van der Waals surface area (Å²) in [6.07, 6.45) is -20.6. The largest absolute Gasteiger partial charge is 0.491 e. The second kappa shape index (κ2) is 4.87. The van der Waals surface area contributed by atoms with Gasteiger partial charge in [-0.1, -0.05) is 0 Å². The summed E-state index contributed by atoms with van der Waals surface area (Å²) in [6, 6.07) is -7.15. The second-order valence-electron chi connectivity index (χ2n) is 2.94.